The summed E-state index contributed by atoms with van der Waals surface area (Å²) in [7, 11) is 0. The molecule has 2 bridgehead atoms. The lowest BCUT2D eigenvalue weighted by Gasteiger charge is -2.25. The van der Waals surface area contributed by atoms with Gasteiger partial charge in [-0.1, -0.05) is 17.7 Å². The second kappa shape index (κ2) is 4.44. The van der Waals surface area contributed by atoms with Crippen LogP contribution in [0.3, 0.4) is 0 Å². The van der Waals surface area contributed by atoms with E-state index in [0.29, 0.717) is 13.0 Å². The maximum Gasteiger partial charge on any atom is 0.218 e. The van der Waals surface area contributed by atoms with Gasteiger partial charge in [-0.05, 0) is 19.1 Å². The Morgan fingerprint density at radius 1 is 1.29 bits per heavy atom. The van der Waals surface area contributed by atoms with Gasteiger partial charge in [0.15, 0.2) is 5.78 Å². The van der Waals surface area contributed by atoms with E-state index in [9.17, 15) is 4.79 Å². The Morgan fingerprint density at radius 3 is 2.82 bits per heavy atom. The van der Waals surface area contributed by atoms with Crippen LogP contribution >= 0.6 is 11.8 Å². The van der Waals surface area contributed by atoms with Gasteiger partial charge in [0.25, 0.3) is 0 Å². The fourth-order valence-corrected chi connectivity index (χ4v) is 3.30. The molecule has 1 aromatic rings. The third-order valence-corrected chi connectivity index (χ3v) is 4.42. The van der Waals surface area contributed by atoms with Gasteiger partial charge in [-0.3, -0.25) is 4.79 Å². The van der Waals surface area contributed by atoms with Crippen LogP contribution in [-0.4, -0.2) is 30.0 Å². The molecule has 1 aromatic carbocycles. The van der Waals surface area contributed by atoms with E-state index in [1.54, 1.807) is 11.8 Å². The summed E-state index contributed by atoms with van der Waals surface area (Å²) in [5.74, 6) is 0.0726. The Hall–Kier alpha value is -0.840. The van der Waals surface area contributed by atoms with Gasteiger partial charge in [-0.25, -0.2) is 0 Å². The van der Waals surface area contributed by atoms with E-state index in [1.807, 2.05) is 0 Å². The van der Waals surface area contributed by atoms with Crippen LogP contribution in [0.4, 0.5) is 0 Å². The fraction of sp³-hybridized carbons (Fsp3) is 0.462. The Balaban J connectivity index is 1.72. The fourth-order valence-electron chi connectivity index (χ4n) is 2.12. The molecule has 0 N–H and O–H groups in total. The summed E-state index contributed by atoms with van der Waals surface area (Å²) in [4.78, 5) is 12.8. The number of ketones is 1. The molecule has 4 heteroatoms. The van der Waals surface area contributed by atoms with Gasteiger partial charge < -0.3 is 9.47 Å². The zero-order valence-corrected chi connectivity index (χ0v) is 10.4. The number of carbonyl (C=O) groups excluding carboxylic acids is 1. The Kier molecular flexibility index (Phi) is 2.94. The van der Waals surface area contributed by atoms with Gasteiger partial charge in [-0.2, -0.15) is 0 Å². The normalized spacial score (nSPS) is 31.8. The van der Waals surface area contributed by atoms with E-state index in [0.717, 1.165) is 0 Å². The Morgan fingerprint density at radius 2 is 2.06 bits per heavy atom. The number of hydrogen-bond acceptors (Lipinski definition) is 4. The van der Waals surface area contributed by atoms with Crippen LogP contribution in [0.25, 0.3) is 0 Å². The topological polar surface area (TPSA) is 35.5 Å². The molecular formula is C13H14O3S. The molecule has 0 saturated carbocycles. The number of carbonyl (C=O) groups is 1. The molecule has 2 heterocycles. The minimum atomic E-state index is -0.588. The monoisotopic (exact) mass is 250 g/mol. The van der Waals surface area contributed by atoms with Crippen molar-refractivity contribution in [3.05, 3.63) is 29.8 Å². The van der Waals surface area contributed by atoms with E-state index >= 15 is 0 Å². The molecule has 0 radical (unpaired) electrons. The summed E-state index contributed by atoms with van der Waals surface area (Å²) in [5.41, 5.74) is 1.24. The highest BCUT2D eigenvalue weighted by molar-refractivity contribution is 8.00. The highest BCUT2D eigenvalue weighted by Crippen LogP contribution is 2.36. The van der Waals surface area contributed by atoms with Crippen LogP contribution in [0.2, 0.25) is 0 Å². The molecule has 3 rings (SSSR count). The summed E-state index contributed by atoms with van der Waals surface area (Å²) in [6.07, 6.45) is 0.0207. The van der Waals surface area contributed by atoms with Crippen LogP contribution < -0.4 is 0 Å². The molecule has 0 amide bonds. The van der Waals surface area contributed by atoms with Crippen molar-refractivity contribution in [2.24, 2.45) is 0 Å². The van der Waals surface area contributed by atoms with E-state index < -0.39 is 6.29 Å². The largest absolute Gasteiger partial charge is 0.343 e. The lowest BCUT2D eigenvalue weighted by Crippen LogP contribution is -2.37. The van der Waals surface area contributed by atoms with Crippen LogP contribution in [0.5, 0.6) is 0 Å². The average Bonchev–Trinajstić information content (AvgIpc) is 2.75. The number of fused-ring (bicyclic) bond motifs is 2. The number of thioether (sulfide) groups is 1. The molecule has 17 heavy (non-hydrogen) atoms. The van der Waals surface area contributed by atoms with Gasteiger partial charge in [0.05, 0.1) is 12.7 Å². The minimum absolute atomic E-state index is 0.0593. The molecule has 0 aromatic heterocycles. The maximum absolute atomic E-state index is 11.6. The molecule has 3 nitrogen and oxygen atoms in total. The van der Waals surface area contributed by atoms with E-state index in [4.69, 9.17) is 9.47 Å². The number of rotatable bonds is 2. The number of ether oxygens (including phenoxy) is 2. The molecule has 90 valence electrons. The average molecular weight is 250 g/mol. The van der Waals surface area contributed by atoms with Gasteiger partial charge in [0.1, 0.15) is 0 Å². The summed E-state index contributed by atoms with van der Waals surface area (Å²) in [6.45, 7) is 2.61. The zero-order chi connectivity index (χ0) is 11.8. The molecule has 2 saturated heterocycles. The van der Waals surface area contributed by atoms with Crippen molar-refractivity contribution in [3.63, 3.8) is 0 Å². The number of hydrogen-bond donors (Lipinski definition) is 0. The van der Waals surface area contributed by atoms with Crippen LogP contribution in [0.1, 0.15) is 12.0 Å². The lowest BCUT2D eigenvalue weighted by atomic mass is 10.1. The standard InChI is InChI=1S/C13H14O3S/c1-8-2-4-9(5-3-8)17-12-6-10(14)13-15-7-11(12)16-13/h2-5,11-13H,6-7H2,1H3/t11-,12+,13-/m1/s1. The first kappa shape index (κ1) is 11.3. The van der Waals surface area contributed by atoms with Gasteiger partial charge in [0, 0.05) is 16.6 Å². The third kappa shape index (κ3) is 2.25. The second-order valence-corrected chi connectivity index (χ2v) is 5.79. The smallest absolute Gasteiger partial charge is 0.218 e. The highest BCUT2D eigenvalue weighted by Gasteiger charge is 2.43. The van der Waals surface area contributed by atoms with Crippen molar-refractivity contribution in [2.75, 3.05) is 6.61 Å². The Labute approximate surface area is 104 Å². The second-order valence-electron chi connectivity index (χ2n) is 4.48. The highest BCUT2D eigenvalue weighted by atomic mass is 32.2. The minimum Gasteiger partial charge on any atom is -0.343 e. The van der Waals surface area contributed by atoms with Gasteiger partial charge >= 0.3 is 0 Å². The lowest BCUT2D eigenvalue weighted by molar-refractivity contribution is -0.151. The van der Waals surface area contributed by atoms with Crippen molar-refractivity contribution < 1.29 is 14.3 Å². The quantitative estimate of drug-likeness (QED) is 0.806. The number of benzene rings is 1. The van der Waals surface area contributed by atoms with E-state index in [2.05, 4.69) is 31.2 Å². The van der Waals surface area contributed by atoms with Crippen molar-refractivity contribution in [2.45, 2.75) is 35.9 Å². The first-order valence-electron chi connectivity index (χ1n) is 5.75. The SMILES string of the molecule is Cc1ccc(S[C@H]2CC(=O)[C@@H]3OC[C@H]2O3)cc1. The molecule has 2 aliphatic rings. The van der Waals surface area contributed by atoms with Gasteiger partial charge in [0.2, 0.25) is 6.29 Å². The van der Waals surface area contributed by atoms with Crippen molar-refractivity contribution >= 4 is 17.5 Å². The summed E-state index contributed by atoms with van der Waals surface area (Å²) >= 11 is 1.71. The number of aryl methyl sites for hydroxylation is 1. The predicted octanol–water partition coefficient (Wildman–Crippen LogP) is 2.17. The molecular weight excluding hydrogens is 236 g/mol. The molecule has 2 aliphatic heterocycles. The van der Waals surface area contributed by atoms with Gasteiger partial charge in [-0.15, -0.1) is 11.8 Å². The molecule has 0 spiro atoms. The molecule has 3 atom stereocenters. The third-order valence-electron chi connectivity index (χ3n) is 3.10. The molecule has 2 fully saturated rings. The number of Topliss-reactive ketones (excluding diaryl/α,β-unsaturated/α-hetero) is 1. The molecule has 0 aliphatic carbocycles. The molecule has 0 unspecified atom stereocenters. The van der Waals surface area contributed by atoms with Crippen molar-refractivity contribution in [3.8, 4) is 0 Å². The summed E-state index contributed by atoms with van der Waals surface area (Å²) in [5, 5.41) is 0.184. The van der Waals surface area contributed by atoms with Crippen molar-refractivity contribution in [1.82, 2.24) is 0 Å². The van der Waals surface area contributed by atoms with Crippen LogP contribution in [0, 0.1) is 6.92 Å². The summed E-state index contributed by atoms with van der Waals surface area (Å²) in [6, 6.07) is 8.35. The zero-order valence-electron chi connectivity index (χ0n) is 9.59. The predicted molar refractivity (Wildman–Crippen MR) is 65.1 cm³/mol. The van der Waals surface area contributed by atoms with Crippen molar-refractivity contribution in [1.29, 1.82) is 0 Å². The van der Waals surface area contributed by atoms with Crippen LogP contribution in [0.15, 0.2) is 29.2 Å². The summed E-state index contributed by atoms with van der Waals surface area (Å²) < 4.78 is 10.8. The Bertz CT molecular complexity index is 429. The van der Waals surface area contributed by atoms with E-state index in [-0.39, 0.29) is 17.1 Å². The maximum atomic E-state index is 11.6. The first-order valence-corrected chi connectivity index (χ1v) is 6.63. The first-order chi connectivity index (χ1) is 8.22. The van der Waals surface area contributed by atoms with E-state index in [1.165, 1.54) is 10.5 Å². The van der Waals surface area contributed by atoms with Crippen LogP contribution in [-0.2, 0) is 14.3 Å².